The number of carbonyl (C=O) groups is 1. The third-order valence-electron chi connectivity index (χ3n) is 2.33. The predicted molar refractivity (Wildman–Crippen MR) is 76.4 cm³/mol. The van der Waals surface area contributed by atoms with Crippen LogP contribution >= 0.6 is 15.9 Å². The van der Waals surface area contributed by atoms with Gasteiger partial charge in [0, 0.05) is 17.6 Å². The number of rotatable bonds is 3. The fraction of sp³-hybridized carbons (Fsp3) is 0.500. The highest BCUT2D eigenvalue weighted by Crippen LogP contribution is 2.17. The van der Waals surface area contributed by atoms with Crippen LogP contribution in [0.5, 0.6) is 0 Å². The Morgan fingerprint density at radius 2 is 2.00 bits per heavy atom. The Labute approximate surface area is 121 Å². The summed E-state index contributed by atoms with van der Waals surface area (Å²) in [5, 5.41) is 0. The summed E-state index contributed by atoms with van der Waals surface area (Å²) in [5.74, 6) is -0.329. The Kier molecular flexibility index (Phi) is 5.35. The second-order valence-corrected chi connectivity index (χ2v) is 6.19. The first-order chi connectivity index (χ1) is 8.71. The largest absolute Gasteiger partial charge is 0.444 e. The Balaban J connectivity index is 2.79. The van der Waals surface area contributed by atoms with E-state index in [1.165, 1.54) is 17.0 Å². The zero-order valence-electron chi connectivity index (χ0n) is 11.7. The van der Waals surface area contributed by atoms with Gasteiger partial charge in [0.2, 0.25) is 0 Å². The van der Waals surface area contributed by atoms with E-state index in [-0.39, 0.29) is 5.82 Å². The van der Waals surface area contributed by atoms with Gasteiger partial charge in [-0.1, -0.05) is 15.9 Å². The standard InChI is InChI=1S/C14H19BrFNO2/c1-5-17(13(18)19-14(2,3)4)9-10-6-11(15)8-12(16)7-10/h6-8H,5,9H2,1-4H3. The molecule has 1 aromatic carbocycles. The van der Waals surface area contributed by atoms with Crippen LogP contribution < -0.4 is 0 Å². The Morgan fingerprint density at radius 1 is 1.37 bits per heavy atom. The molecule has 3 nitrogen and oxygen atoms in total. The second-order valence-electron chi connectivity index (χ2n) is 5.27. The van der Waals surface area contributed by atoms with E-state index in [0.29, 0.717) is 17.6 Å². The van der Waals surface area contributed by atoms with Crippen molar-refractivity contribution in [1.82, 2.24) is 4.90 Å². The minimum Gasteiger partial charge on any atom is -0.444 e. The van der Waals surface area contributed by atoms with Gasteiger partial charge in [0.05, 0.1) is 0 Å². The molecular weight excluding hydrogens is 313 g/mol. The molecule has 0 aliphatic heterocycles. The van der Waals surface area contributed by atoms with E-state index in [1.54, 1.807) is 6.07 Å². The molecule has 0 fully saturated rings. The molecule has 106 valence electrons. The summed E-state index contributed by atoms with van der Waals surface area (Å²) < 4.78 is 19.3. The molecule has 0 aliphatic carbocycles. The molecule has 1 amide bonds. The van der Waals surface area contributed by atoms with Gasteiger partial charge in [-0.2, -0.15) is 0 Å². The number of ether oxygens (including phenoxy) is 1. The Morgan fingerprint density at radius 3 is 2.47 bits per heavy atom. The SMILES string of the molecule is CCN(Cc1cc(F)cc(Br)c1)C(=O)OC(C)(C)C. The summed E-state index contributed by atoms with van der Waals surface area (Å²) in [4.78, 5) is 13.5. The van der Waals surface area contributed by atoms with Crippen LogP contribution in [-0.2, 0) is 11.3 Å². The predicted octanol–water partition coefficient (Wildman–Crippen LogP) is 4.35. The van der Waals surface area contributed by atoms with Crippen molar-refractivity contribution in [3.05, 3.63) is 34.1 Å². The highest BCUT2D eigenvalue weighted by Gasteiger charge is 2.21. The van der Waals surface area contributed by atoms with Crippen molar-refractivity contribution < 1.29 is 13.9 Å². The average Bonchev–Trinajstić information content (AvgIpc) is 2.21. The molecule has 0 heterocycles. The molecule has 1 aromatic rings. The lowest BCUT2D eigenvalue weighted by molar-refractivity contribution is 0.0244. The summed E-state index contributed by atoms with van der Waals surface area (Å²) in [6, 6.07) is 4.58. The summed E-state index contributed by atoms with van der Waals surface area (Å²) in [5.41, 5.74) is 0.187. The van der Waals surface area contributed by atoms with Gasteiger partial charge in [-0.05, 0) is 51.5 Å². The Hall–Kier alpha value is -1.10. The highest BCUT2D eigenvalue weighted by atomic mass is 79.9. The molecule has 0 bridgehead atoms. The lowest BCUT2D eigenvalue weighted by Gasteiger charge is -2.26. The van der Waals surface area contributed by atoms with Crippen molar-refractivity contribution in [2.45, 2.75) is 39.8 Å². The number of nitrogens with zero attached hydrogens (tertiary/aromatic N) is 1. The molecule has 19 heavy (non-hydrogen) atoms. The van der Waals surface area contributed by atoms with Crippen molar-refractivity contribution in [2.75, 3.05) is 6.54 Å². The van der Waals surface area contributed by atoms with Gasteiger partial charge >= 0.3 is 6.09 Å². The van der Waals surface area contributed by atoms with Crippen LogP contribution in [0.3, 0.4) is 0 Å². The molecule has 0 aliphatic rings. The van der Waals surface area contributed by atoms with E-state index in [9.17, 15) is 9.18 Å². The fourth-order valence-electron chi connectivity index (χ4n) is 1.55. The summed E-state index contributed by atoms with van der Waals surface area (Å²) in [7, 11) is 0. The summed E-state index contributed by atoms with van der Waals surface area (Å²) >= 11 is 3.24. The zero-order chi connectivity index (χ0) is 14.6. The second kappa shape index (κ2) is 6.37. The molecule has 1 rings (SSSR count). The lowest BCUT2D eigenvalue weighted by Crippen LogP contribution is -2.36. The first-order valence-electron chi connectivity index (χ1n) is 6.14. The fourth-order valence-corrected chi connectivity index (χ4v) is 2.07. The van der Waals surface area contributed by atoms with Crippen molar-refractivity contribution >= 4 is 22.0 Å². The molecule has 0 N–H and O–H groups in total. The quantitative estimate of drug-likeness (QED) is 0.824. The number of amides is 1. The van der Waals surface area contributed by atoms with Crippen molar-refractivity contribution in [3.8, 4) is 0 Å². The van der Waals surface area contributed by atoms with Gasteiger partial charge in [-0.3, -0.25) is 0 Å². The van der Waals surface area contributed by atoms with Crippen LogP contribution in [0.25, 0.3) is 0 Å². The summed E-state index contributed by atoms with van der Waals surface area (Å²) in [6.07, 6.45) is -0.393. The van der Waals surface area contributed by atoms with Crippen LogP contribution in [0.4, 0.5) is 9.18 Å². The molecule has 0 radical (unpaired) electrons. The Bertz CT molecular complexity index is 437. The van der Waals surface area contributed by atoms with E-state index >= 15 is 0 Å². The van der Waals surface area contributed by atoms with Gasteiger partial charge < -0.3 is 9.64 Å². The number of hydrogen-bond acceptors (Lipinski definition) is 2. The average molecular weight is 332 g/mol. The van der Waals surface area contributed by atoms with Crippen molar-refractivity contribution in [2.24, 2.45) is 0 Å². The normalized spacial score (nSPS) is 11.3. The van der Waals surface area contributed by atoms with Gasteiger partial charge in [-0.15, -0.1) is 0 Å². The van der Waals surface area contributed by atoms with Gasteiger partial charge in [0.1, 0.15) is 11.4 Å². The van der Waals surface area contributed by atoms with Crippen LogP contribution in [0.15, 0.2) is 22.7 Å². The molecule has 0 unspecified atom stereocenters. The number of hydrogen-bond donors (Lipinski definition) is 0. The molecule has 0 spiro atoms. The number of halogens is 2. The molecule has 0 aromatic heterocycles. The number of carbonyl (C=O) groups excluding carboxylic acids is 1. The maximum absolute atomic E-state index is 13.3. The van der Waals surface area contributed by atoms with E-state index < -0.39 is 11.7 Å². The molecule has 0 atom stereocenters. The van der Waals surface area contributed by atoms with Crippen LogP contribution in [0.2, 0.25) is 0 Å². The van der Waals surface area contributed by atoms with Gasteiger partial charge in [-0.25, -0.2) is 9.18 Å². The molecular formula is C14H19BrFNO2. The topological polar surface area (TPSA) is 29.5 Å². The van der Waals surface area contributed by atoms with Crippen LogP contribution in [0, 0.1) is 5.82 Å². The van der Waals surface area contributed by atoms with E-state index in [4.69, 9.17) is 4.74 Å². The zero-order valence-corrected chi connectivity index (χ0v) is 13.3. The minimum atomic E-state index is -0.535. The van der Waals surface area contributed by atoms with E-state index in [0.717, 1.165) is 5.56 Å². The molecule has 5 heteroatoms. The third-order valence-corrected chi connectivity index (χ3v) is 2.79. The monoisotopic (exact) mass is 331 g/mol. The van der Waals surface area contributed by atoms with Crippen LogP contribution in [-0.4, -0.2) is 23.1 Å². The molecule has 0 saturated heterocycles. The third kappa shape index (κ3) is 5.59. The van der Waals surface area contributed by atoms with Gasteiger partial charge in [0.15, 0.2) is 0 Å². The summed E-state index contributed by atoms with van der Waals surface area (Å²) in [6.45, 7) is 8.13. The first-order valence-corrected chi connectivity index (χ1v) is 6.93. The molecule has 0 saturated carbocycles. The smallest absolute Gasteiger partial charge is 0.410 e. The maximum atomic E-state index is 13.3. The highest BCUT2D eigenvalue weighted by molar-refractivity contribution is 9.10. The van der Waals surface area contributed by atoms with Crippen molar-refractivity contribution in [3.63, 3.8) is 0 Å². The first kappa shape index (κ1) is 16.0. The number of benzene rings is 1. The van der Waals surface area contributed by atoms with Crippen LogP contribution in [0.1, 0.15) is 33.3 Å². The van der Waals surface area contributed by atoms with E-state index in [2.05, 4.69) is 15.9 Å². The maximum Gasteiger partial charge on any atom is 0.410 e. The van der Waals surface area contributed by atoms with E-state index in [1.807, 2.05) is 27.7 Å². The van der Waals surface area contributed by atoms with Crippen molar-refractivity contribution in [1.29, 1.82) is 0 Å². The van der Waals surface area contributed by atoms with Gasteiger partial charge in [0.25, 0.3) is 0 Å². The minimum absolute atomic E-state index is 0.321. The lowest BCUT2D eigenvalue weighted by atomic mass is 10.2.